The highest BCUT2D eigenvalue weighted by Crippen LogP contribution is 2.25. The van der Waals surface area contributed by atoms with E-state index in [1.54, 1.807) is 18.2 Å². The average Bonchev–Trinajstić information content (AvgIpc) is 2.74. The molecule has 30 heavy (non-hydrogen) atoms. The number of nitrogen functional groups attached to an aromatic ring is 1. The van der Waals surface area contributed by atoms with Crippen LogP contribution in [0.2, 0.25) is 5.02 Å². The van der Waals surface area contributed by atoms with Gasteiger partial charge in [-0.1, -0.05) is 48.8 Å². The summed E-state index contributed by atoms with van der Waals surface area (Å²) in [4.78, 5) is 28.3. The van der Waals surface area contributed by atoms with E-state index in [9.17, 15) is 4.79 Å². The Morgan fingerprint density at radius 3 is 2.87 bits per heavy atom. The number of rotatable bonds is 3. The Bertz CT molecular complexity index is 1190. The largest absolute Gasteiger partial charge is 0.382 e. The number of hydrogen-bond acceptors (Lipinski definition) is 6. The molecule has 1 fully saturated rings. The van der Waals surface area contributed by atoms with Crippen LogP contribution in [0, 0.1) is 17.8 Å². The van der Waals surface area contributed by atoms with Crippen molar-refractivity contribution in [2.24, 2.45) is 5.92 Å². The summed E-state index contributed by atoms with van der Waals surface area (Å²) >= 11 is 6.14. The zero-order valence-corrected chi connectivity index (χ0v) is 17.5. The van der Waals surface area contributed by atoms with Crippen molar-refractivity contribution in [1.82, 2.24) is 19.9 Å². The van der Waals surface area contributed by atoms with Crippen molar-refractivity contribution in [3.8, 4) is 11.8 Å². The summed E-state index contributed by atoms with van der Waals surface area (Å²) in [6, 6.07) is 4.85. The molecule has 0 aliphatic heterocycles. The van der Waals surface area contributed by atoms with Gasteiger partial charge < -0.3 is 16.0 Å². The van der Waals surface area contributed by atoms with E-state index in [1.165, 1.54) is 25.6 Å². The van der Waals surface area contributed by atoms with Gasteiger partial charge in [0.25, 0.3) is 5.56 Å². The van der Waals surface area contributed by atoms with Crippen LogP contribution >= 0.6 is 11.6 Å². The molecule has 1 aliphatic rings. The van der Waals surface area contributed by atoms with Gasteiger partial charge >= 0.3 is 0 Å². The van der Waals surface area contributed by atoms with Gasteiger partial charge in [0.1, 0.15) is 29.4 Å². The van der Waals surface area contributed by atoms with Crippen LogP contribution in [0.25, 0.3) is 10.9 Å². The molecule has 1 unspecified atom stereocenters. The minimum atomic E-state index is -0.342. The van der Waals surface area contributed by atoms with Crippen LogP contribution in [0.1, 0.15) is 56.5 Å². The molecule has 3 aromatic rings. The quantitative estimate of drug-likeness (QED) is 0.549. The monoisotopic (exact) mass is 422 g/mol. The predicted molar refractivity (Wildman–Crippen MR) is 119 cm³/mol. The van der Waals surface area contributed by atoms with Gasteiger partial charge in [0, 0.05) is 5.92 Å². The maximum absolute atomic E-state index is 12.5. The lowest BCUT2D eigenvalue weighted by atomic mass is 9.90. The highest BCUT2D eigenvalue weighted by molar-refractivity contribution is 6.35. The van der Waals surface area contributed by atoms with Crippen molar-refractivity contribution >= 4 is 34.1 Å². The third kappa shape index (κ3) is 4.24. The second kappa shape index (κ2) is 8.72. The van der Waals surface area contributed by atoms with Gasteiger partial charge in [0.2, 0.25) is 0 Å². The molecule has 1 atom stereocenters. The van der Waals surface area contributed by atoms with E-state index in [2.05, 4.69) is 37.1 Å². The first-order valence-electron chi connectivity index (χ1n) is 10.1. The third-order valence-electron chi connectivity index (χ3n) is 5.35. The van der Waals surface area contributed by atoms with Crippen molar-refractivity contribution in [2.75, 3.05) is 11.1 Å². The lowest BCUT2D eigenvalue weighted by Crippen LogP contribution is -2.19. The molecular weight excluding hydrogens is 400 g/mol. The lowest BCUT2D eigenvalue weighted by Gasteiger charge is -2.17. The van der Waals surface area contributed by atoms with Crippen LogP contribution in [0.15, 0.2) is 29.3 Å². The second-order valence-electron chi connectivity index (χ2n) is 7.54. The molecule has 1 aliphatic carbocycles. The van der Waals surface area contributed by atoms with Gasteiger partial charge in [-0.05, 0) is 31.9 Å². The first-order valence-corrected chi connectivity index (χ1v) is 10.5. The van der Waals surface area contributed by atoms with Crippen LogP contribution in [0.3, 0.4) is 0 Å². The number of aromatic amines is 1. The van der Waals surface area contributed by atoms with E-state index >= 15 is 0 Å². The molecule has 0 radical (unpaired) electrons. The summed E-state index contributed by atoms with van der Waals surface area (Å²) < 4.78 is 0. The Balaban J connectivity index is 1.63. The molecule has 2 heterocycles. The molecule has 1 saturated carbocycles. The van der Waals surface area contributed by atoms with Crippen molar-refractivity contribution in [2.45, 2.75) is 45.1 Å². The van der Waals surface area contributed by atoms with Crippen LogP contribution < -0.4 is 16.6 Å². The highest BCUT2D eigenvalue weighted by Gasteiger charge is 2.16. The van der Waals surface area contributed by atoms with E-state index in [-0.39, 0.29) is 11.6 Å². The first kappa shape index (κ1) is 20.2. The molecule has 154 valence electrons. The van der Waals surface area contributed by atoms with Gasteiger partial charge in [-0.25, -0.2) is 15.0 Å². The maximum Gasteiger partial charge on any atom is 0.260 e. The maximum atomic E-state index is 12.5. The van der Waals surface area contributed by atoms with Gasteiger partial charge in [0.05, 0.1) is 22.0 Å². The predicted octanol–water partition coefficient (Wildman–Crippen LogP) is 4.05. The van der Waals surface area contributed by atoms with Crippen molar-refractivity contribution < 1.29 is 0 Å². The number of fused-ring (bicyclic) bond motifs is 1. The standard InChI is InChI=1S/C22H23ClN6O/c1-13(20-28-17-9-5-8-16(23)18(17)22(30)29-20)27-21-15(19(24)25-12-26-21)11-10-14-6-3-2-4-7-14/h5,8-9,12-14H,2-4,6-7H2,1H3,(H,28,29,30)(H3,24,25,26,27). The summed E-state index contributed by atoms with van der Waals surface area (Å²) in [5, 5.41) is 4.01. The van der Waals surface area contributed by atoms with E-state index < -0.39 is 0 Å². The summed E-state index contributed by atoms with van der Waals surface area (Å²) in [6.45, 7) is 1.88. The van der Waals surface area contributed by atoms with Gasteiger partial charge in [0.15, 0.2) is 0 Å². The van der Waals surface area contributed by atoms with Crippen LogP contribution in [0.5, 0.6) is 0 Å². The molecule has 4 N–H and O–H groups in total. The molecule has 8 heteroatoms. The van der Waals surface area contributed by atoms with E-state index in [4.69, 9.17) is 17.3 Å². The number of halogens is 1. The molecule has 4 rings (SSSR count). The minimum Gasteiger partial charge on any atom is -0.382 e. The van der Waals surface area contributed by atoms with Crippen LogP contribution in [-0.4, -0.2) is 19.9 Å². The summed E-state index contributed by atoms with van der Waals surface area (Å²) in [5.74, 6) is 8.22. The smallest absolute Gasteiger partial charge is 0.260 e. The van der Waals surface area contributed by atoms with Crippen LogP contribution in [-0.2, 0) is 0 Å². The molecule has 0 amide bonds. The van der Waals surface area contributed by atoms with Gasteiger partial charge in [-0.15, -0.1) is 0 Å². The second-order valence-corrected chi connectivity index (χ2v) is 7.95. The van der Waals surface area contributed by atoms with Gasteiger partial charge in [-0.2, -0.15) is 0 Å². The molecule has 0 spiro atoms. The topological polar surface area (TPSA) is 110 Å². The van der Waals surface area contributed by atoms with Crippen molar-refractivity contribution in [3.63, 3.8) is 0 Å². The minimum absolute atomic E-state index is 0.284. The van der Waals surface area contributed by atoms with E-state index in [0.29, 0.717) is 44.9 Å². The van der Waals surface area contributed by atoms with Crippen molar-refractivity contribution in [3.05, 3.63) is 51.3 Å². The lowest BCUT2D eigenvalue weighted by molar-refractivity contribution is 0.430. The molecule has 0 bridgehead atoms. The fraction of sp³-hybridized carbons (Fsp3) is 0.364. The fourth-order valence-electron chi connectivity index (χ4n) is 3.70. The number of benzene rings is 1. The number of anilines is 2. The Morgan fingerprint density at radius 2 is 2.07 bits per heavy atom. The summed E-state index contributed by atoms with van der Waals surface area (Å²) in [7, 11) is 0. The average molecular weight is 423 g/mol. The fourth-order valence-corrected chi connectivity index (χ4v) is 3.95. The van der Waals surface area contributed by atoms with Gasteiger partial charge in [-0.3, -0.25) is 4.79 Å². The summed E-state index contributed by atoms with van der Waals surface area (Å²) in [5.41, 5.74) is 6.91. The van der Waals surface area contributed by atoms with E-state index in [1.807, 2.05) is 6.92 Å². The molecule has 7 nitrogen and oxygen atoms in total. The first-order chi connectivity index (χ1) is 14.5. The molecule has 1 aromatic carbocycles. The normalized spacial score (nSPS) is 15.4. The molecular formula is C22H23ClN6O. The number of H-pyrrole nitrogens is 1. The Hall–Kier alpha value is -3.11. The SMILES string of the molecule is CC(Nc1ncnc(N)c1C#CC1CCCCC1)c1nc2cccc(Cl)c2c(=O)[nH]1. The van der Waals surface area contributed by atoms with Crippen LogP contribution in [0.4, 0.5) is 11.6 Å². The number of nitrogens with two attached hydrogens (primary N) is 1. The number of hydrogen-bond donors (Lipinski definition) is 3. The highest BCUT2D eigenvalue weighted by atomic mass is 35.5. The third-order valence-corrected chi connectivity index (χ3v) is 5.66. The van der Waals surface area contributed by atoms with Crippen molar-refractivity contribution in [1.29, 1.82) is 0 Å². The zero-order valence-electron chi connectivity index (χ0n) is 16.7. The summed E-state index contributed by atoms with van der Waals surface area (Å²) in [6.07, 6.45) is 7.34. The number of aromatic nitrogens is 4. The van der Waals surface area contributed by atoms with E-state index in [0.717, 1.165) is 12.8 Å². The molecule has 0 saturated heterocycles. The zero-order chi connectivity index (χ0) is 21.1. The Morgan fingerprint density at radius 1 is 1.27 bits per heavy atom. The Labute approximate surface area is 179 Å². The molecule has 2 aromatic heterocycles. The number of nitrogens with one attached hydrogen (secondary N) is 2. The Kier molecular flexibility index (Phi) is 5.86. The number of nitrogens with zero attached hydrogens (tertiary/aromatic N) is 3.